The van der Waals surface area contributed by atoms with Gasteiger partial charge in [-0.1, -0.05) is 82.3 Å². The molecule has 0 aromatic heterocycles. The molecule has 0 radical (unpaired) electrons. The summed E-state index contributed by atoms with van der Waals surface area (Å²) in [6, 6.07) is 11.6. The van der Waals surface area contributed by atoms with Crippen LogP contribution in [-0.4, -0.2) is 0 Å². The standard InChI is InChI=1S/C25H34.C4H8/c1-7-10-22-13-14-23(25(9-3)24(22)8-2)16-18(4)15-21-12-11-19(5)20(6)17-21;1-3-4-2/h9,11-14,17-18H,3,7-8,10,15-16H2,1-2,4-6H3;3-4H,1-2H3/b;4-3-. The highest BCUT2D eigenvalue weighted by molar-refractivity contribution is 5.59. The molecule has 0 saturated carbocycles. The fourth-order valence-corrected chi connectivity index (χ4v) is 3.89. The van der Waals surface area contributed by atoms with Crippen molar-refractivity contribution >= 4 is 6.08 Å². The van der Waals surface area contributed by atoms with Crippen molar-refractivity contribution < 1.29 is 0 Å². The van der Waals surface area contributed by atoms with E-state index < -0.39 is 0 Å². The van der Waals surface area contributed by atoms with Crippen LogP contribution in [0.15, 0.2) is 49.1 Å². The van der Waals surface area contributed by atoms with Crippen LogP contribution < -0.4 is 0 Å². The lowest BCUT2D eigenvalue weighted by Crippen LogP contribution is -2.08. The first-order valence-electron chi connectivity index (χ1n) is 11.3. The predicted octanol–water partition coefficient (Wildman–Crippen LogP) is 8.47. The molecule has 1 atom stereocenters. The molecule has 0 fully saturated rings. The molecule has 158 valence electrons. The topological polar surface area (TPSA) is 0 Å². The average molecular weight is 391 g/mol. The van der Waals surface area contributed by atoms with Crippen LogP contribution in [0.3, 0.4) is 0 Å². The van der Waals surface area contributed by atoms with Gasteiger partial charge in [-0.05, 0) is 98.2 Å². The highest BCUT2D eigenvalue weighted by atomic mass is 14.2. The highest BCUT2D eigenvalue weighted by Gasteiger charge is 2.13. The molecule has 0 nitrogen and oxygen atoms in total. The summed E-state index contributed by atoms with van der Waals surface area (Å²) >= 11 is 0. The summed E-state index contributed by atoms with van der Waals surface area (Å²) in [5.74, 6) is 0.627. The number of aryl methyl sites for hydroxylation is 3. The van der Waals surface area contributed by atoms with E-state index in [1.54, 1.807) is 0 Å². The van der Waals surface area contributed by atoms with Crippen molar-refractivity contribution in [3.63, 3.8) is 0 Å². The zero-order valence-corrected chi connectivity index (χ0v) is 19.9. The molecule has 0 spiro atoms. The molecular formula is C29H42. The Morgan fingerprint density at radius 1 is 0.897 bits per heavy atom. The molecule has 2 rings (SSSR count). The lowest BCUT2D eigenvalue weighted by Gasteiger charge is -2.19. The quantitative estimate of drug-likeness (QED) is 0.396. The first kappa shape index (κ1) is 25.0. The van der Waals surface area contributed by atoms with Gasteiger partial charge in [-0.3, -0.25) is 0 Å². The van der Waals surface area contributed by atoms with Crippen molar-refractivity contribution in [1.82, 2.24) is 0 Å². The third kappa shape index (κ3) is 7.69. The van der Waals surface area contributed by atoms with E-state index in [-0.39, 0.29) is 0 Å². The Kier molecular flexibility index (Phi) is 11.4. The van der Waals surface area contributed by atoms with E-state index in [0.29, 0.717) is 5.92 Å². The van der Waals surface area contributed by atoms with Gasteiger partial charge in [0.25, 0.3) is 0 Å². The fourth-order valence-electron chi connectivity index (χ4n) is 3.89. The molecule has 0 aliphatic rings. The van der Waals surface area contributed by atoms with Crippen LogP contribution in [-0.2, 0) is 25.7 Å². The minimum atomic E-state index is 0.627. The normalized spacial score (nSPS) is 11.8. The molecule has 0 heterocycles. The summed E-state index contributed by atoms with van der Waals surface area (Å²) < 4.78 is 0. The molecule has 0 aliphatic heterocycles. The van der Waals surface area contributed by atoms with Gasteiger partial charge in [-0.15, -0.1) is 0 Å². The Bertz CT molecular complexity index is 788. The number of hydrogen-bond acceptors (Lipinski definition) is 0. The van der Waals surface area contributed by atoms with Crippen LogP contribution in [0.4, 0.5) is 0 Å². The number of rotatable bonds is 8. The Hall–Kier alpha value is -2.08. The smallest absolute Gasteiger partial charge is 0.0196 e. The average Bonchev–Trinajstić information content (AvgIpc) is 2.71. The lowest BCUT2D eigenvalue weighted by molar-refractivity contribution is 0.576. The van der Waals surface area contributed by atoms with E-state index in [1.165, 1.54) is 51.8 Å². The van der Waals surface area contributed by atoms with Crippen molar-refractivity contribution in [3.8, 4) is 0 Å². The van der Waals surface area contributed by atoms with Gasteiger partial charge < -0.3 is 0 Å². The number of hydrogen-bond donors (Lipinski definition) is 0. The van der Waals surface area contributed by atoms with Crippen LogP contribution in [0.5, 0.6) is 0 Å². The van der Waals surface area contributed by atoms with Crippen molar-refractivity contribution in [2.45, 2.75) is 80.6 Å². The van der Waals surface area contributed by atoms with Gasteiger partial charge in [0.2, 0.25) is 0 Å². The van der Waals surface area contributed by atoms with Crippen LogP contribution in [0, 0.1) is 19.8 Å². The van der Waals surface area contributed by atoms with E-state index in [0.717, 1.165) is 19.3 Å². The zero-order chi connectivity index (χ0) is 21.8. The summed E-state index contributed by atoms with van der Waals surface area (Å²) in [4.78, 5) is 0. The van der Waals surface area contributed by atoms with Crippen molar-refractivity contribution in [2.24, 2.45) is 5.92 Å². The number of allylic oxidation sites excluding steroid dienone is 2. The van der Waals surface area contributed by atoms with Gasteiger partial charge in [0, 0.05) is 0 Å². The summed E-state index contributed by atoms with van der Waals surface area (Å²) in [7, 11) is 0. The summed E-state index contributed by atoms with van der Waals surface area (Å²) in [6.45, 7) is 19.4. The van der Waals surface area contributed by atoms with Gasteiger partial charge in [0.05, 0.1) is 0 Å². The SMILES string of the molecule is C/C=C\C.C=Cc1c(CC(C)Cc2ccc(C)c(C)c2)ccc(CCC)c1CC. The third-order valence-corrected chi connectivity index (χ3v) is 5.68. The highest BCUT2D eigenvalue weighted by Crippen LogP contribution is 2.26. The van der Waals surface area contributed by atoms with Gasteiger partial charge >= 0.3 is 0 Å². The molecule has 0 aliphatic carbocycles. The molecule has 1 unspecified atom stereocenters. The van der Waals surface area contributed by atoms with Crippen LogP contribution >= 0.6 is 0 Å². The van der Waals surface area contributed by atoms with E-state index in [9.17, 15) is 0 Å². The Labute approximate surface area is 180 Å². The zero-order valence-electron chi connectivity index (χ0n) is 19.9. The maximum absolute atomic E-state index is 4.11. The number of benzene rings is 2. The van der Waals surface area contributed by atoms with E-state index >= 15 is 0 Å². The third-order valence-electron chi connectivity index (χ3n) is 5.68. The van der Waals surface area contributed by atoms with Crippen molar-refractivity contribution in [1.29, 1.82) is 0 Å². The fraction of sp³-hybridized carbons (Fsp3) is 0.448. The van der Waals surface area contributed by atoms with E-state index in [2.05, 4.69) is 77.6 Å². The van der Waals surface area contributed by atoms with Gasteiger partial charge in [0.1, 0.15) is 0 Å². The Morgan fingerprint density at radius 3 is 2.07 bits per heavy atom. The molecule has 0 saturated heterocycles. The summed E-state index contributed by atoms with van der Waals surface area (Å²) in [5, 5.41) is 0. The first-order valence-corrected chi connectivity index (χ1v) is 11.3. The minimum Gasteiger partial charge on any atom is -0.0984 e. The van der Waals surface area contributed by atoms with Gasteiger partial charge in [-0.2, -0.15) is 0 Å². The second-order valence-electron chi connectivity index (χ2n) is 8.18. The summed E-state index contributed by atoms with van der Waals surface area (Å²) in [5.41, 5.74) is 10.1. The lowest BCUT2D eigenvalue weighted by atomic mass is 9.86. The van der Waals surface area contributed by atoms with Crippen LogP contribution in [0.25, 0.3) is 6.08 Å². The molecule has 2 aromatic rings. The molecule has 0 N–H and O–H groups in total. The van der Waals surface area contributed by atoms with E-state index in [1.807, 2.05) is 26.0 Å². The second kappa shape index (κ2) is 13.2. The van der Waals surface area contributed by atoms with Gasteiger partial charge in [-0.25, -0.2) is 0 Å². The van der Waals surface area contributed by atoms with Crippen molar-refractivity contribution in [3.05, 3.63) is 88.0 Å². The predicted molar refractivity (Wildman–Crippen MR) is 133 cm³/mol. The first-order chi connectivity index (χ1) is 13.9. The monoisotopic (exact) mass is 390 g/mol. The maximum atomic E-state index is 4.11. The molecule has 0 heteroatoms. The van der Waals surface area contributed by atoms with Crippen LogP contribution in [0.2, 0.25) is 0 Å². The molecular weight excluding hydrogens is 348 g/mol. The minimum absolute atomic E-state index is 0.627. The molecule has 2 aromatic carbocycles. The Balaban J connectivity index is 0.000000960. The van der Waals surface area contributed by atoms with Gasteiger partial charge in [0.15, 0.2) is 0 Å². The maximum Gasteiger partial charge on any atom is -0.0196 e. The molecule has 0 bridgehead atoms. The van der Waals surface area contributed by atoms with Crippen LogP contribution in [0.1, 0.15) is 80.0 Å². The Morgan fingerprint density at radius 2 is 1.55 bits per heavy atom. The molecule has 0 amide bonds. The second-order valence-corrected chi connectivity index (χ2v) is 8.18. The summed E-state index contributed by atoms with van der Waals surface area (Å²) in [6.07, 6.45) is 11.8. The molecule has 29 heavy (non-hydrogen) atoms. The largest absolute Gasteiger partial charge is 0.0984 e. The van der Waals surface area contributed by atoms with Crippen molar-refractivity contribution in [2.75, 3.05) is 0 Å². The van der Waals surface area contributed by atoms with E-state index in [4.69, 9.17) is 0 Å².